The highest BCUT2D eigenvalue weighted by Crippen LogP contribution is 2.14. The highest BCUT2D eigenvalue weighted by atomic mass is 32.2. The van der Waals surface area contributed by atoms with Crippen LogP contribution in [0.3, 0.4) is 0 Å². The summed E-state index contributed by atoms with van der Waals surface area (Å²) in [6.07, 6.45) is 2.18. The third kappa shape index (κ3) is 4.20. The predicted octanol–water partition coefficient (Wildman–Crippen LogP) is 1.89. The molecule has 6 nitrogen and oxygen atoms in total. The molecule has 0 aliphatic heterocycles. The summed E-state index contributed by atoms with van der Waals surface area (Å²) in [7, 11) is -0.558. The van der Waals surface area contributed by atoms with Gasteiger partial charge in [0.1, 0.15) is 5.76 Å². The molecule has 7 heteroatoms. The summed E-state index contributed by atoms with van der Waals surface area (Å²) >= 11 is 0. The summed E-state index contributed by atoms with van der Waals surface area (Å²) in [5, 5.41) is 2.86. The van der Waals surface area contributed by atoms with Crippen LogP contribution in [0.25, 0.3) is 0 Å². The Morgan fingerprint density at radius 1 is 1.22 bits per heavy atom. The van der Waals surface area contributed by atoms with E-state index in [1.54, 1.807) is 12.3 Å². The molecule has 1 N–H and O–H groups in total. The lowest BCUT2D eigenvalue weighted by molar-refractivity contribution is 0.0939. The molecule has 0 spiro atoms. The molecule has 0 saturated heterocycles. The number of hydrogen-bond acceptors (Lipinski definition) is 4. The molecule has 0 fully saturated rings. The zero-order valence-electron chi connectivity index (χ0n) is 13.3. The van der Waals surface area contributed by atoms with Crippen molar-refractivity contribution in [2.75, 3.05) is 14.1 Å². The van der Waals surface area contributed by atoms with Crippen molar-refractivity contribution in [3.63, 3.8) is 0 Å². The maximum absolute atomic E-state index is 12.2. The van der Waals surface area contributed by atoms with Crippen molar-refractivity contribution in [1.29, 1.82) is 0 Å². The van der Waals surface area contributed by atoms with Crippen molar-refractivity contribution in [2.45, 2.75) is 24.3 Å². The normalized spacial score (nSPS) is 13.0. The maximum Gasteiger partial charge on any atom is 0.251 e. The lowest BCUT2D eigenvalue weighted by Crippen LogP contribution is -2.34. The Hall–Kier alpha value is -2.12. The molecule has 124 valence electrons. The molecule has 0 aliphatic carbocycles. The minimum Gasteiger partial charge on any atom is -0.469 e. The molecule has 2 rings (SSSR count). The number of sulfonamides is 1. The molecule has 0 saturated carbocycles. The van der Waals surface area contributed by atoms with Gasteiger partial charge >= 0.3 is 0 Å². The van der Waals surface area contributed by atoms with Crippen LogP contribution in [0.1, 0.15) is 23.0 Å². The number of rotatable bonds is 6. The van der Waals surface area contributed by atoms with Gasteiger partial charge in [0.05, 0.1) is 11.2 Å². The first-order chi connectivity index (χ1) is 10.8. The number of nitrogens with zero attached hydrogens (tertiary/aromatic N) is 1. The maximum atomic E-state index is 12.2. The van der Waals surface area contributed by atoms with E-state index in [1.165, 1.54) is 38.4 Å². The van der Waals surface area contributed by atoms with E-state index in [-0.39, 0.29) is 16.8 Å². The number of carbonyl (C=O) groups excluding carboxylic acids is 1. The van der Waals surface area contributed by atoms with Gasteiger partial charge in [-0.15, -0.1) is 0 Å². The van der Waals surface area contributed by atoms with Gasteiger partial charge in [0.25, 0.3) is 5.91 Å². The largest absolute Gasteiger partial charge is 0.469 e. The van der Waals surface area contributed by atoms with Crippen LogP contribution < -0.4 is 5.32 Å². The first-order valence-electron chi connectivity index (χ1n) is 7.16. The van der Waals surface area contributed by atoms with Crippen molar-refractivity contribution in [2.24, 2.45) is 0 Å². The SMILES string of the molecule is CC(Cc1ccco1)NC(=O)c1ccc(S(=O)(=O)N(C)C)cc1. The fourth-order valence-electron chi connectivity index (χ4n) is 2.08. The van der Waals surface area contributed by atoms with Crippen LogP contribution in [0.4, 0.5) is 0 Å². The summed E-state index contributed by atoms with van der Waals surface area (Å²) in [4.78, 5) is 12.3. The molecule has 0 aliphatic rings. The van der Waals surface area contributed by atoms with Gasteiger partial charge < -0.3 is 9.73 Å². The minimum absolute atomic E-state index is 0.0983. The highest BCUT2D eigenvalue weighted by Gasteiger charge is 2.18. The number of benzene rings is 1. The molecule has 1 aromatic heterocycles. The van der Waals surface area contributed by atoms with Crippen LogP contribution in [0, 0.1) is 0 Å². The van der Waals surface area contributed by atoms with E-state index in [9.17, 15) is 13.2 Å². The zero-order chi connectivity index (χ0) is 17.0. The van der Waals surface area contributed by atoms with Crippen LogP contribution in [0.15, 0.2) is 52.0 Å². The third-order valence-corrected chi connectivity index (χ3v) is 5.19. The number of carbonyl (C=O) groups is 1. The topological polar surface area (TPSA) is 79.6 Å². The molecule has 1 atom stereocenters. The van der Waals surface area contributed by atoms with Gasteiger partial charge in [0, 0.05) is 32.1 Å². The highest BCUT2D eigenvalue weighted by molar-refractivity contribution is 7.89. The van der Waals surface area contributed by atoms with Gasteiger partial charge in [-0.05, 0) is 43.3 Å². The molecule has 0 bridgehead atoms. The Labute approximate surface area is 136 Å². The van der Waals surface area contributed by atoms with Crippen LogP contribution in [-0.2, 0) is 16.4 Å². The Bertz CT molecular complexity index is 750. The van der Waals surface area contributed by atoms with Gasteiger partial charge in [-0.3, -0.25) is 4.79 Å². The van der Waals surface area contributed by atoms with Crippen LogP contribution in [0.2, 0.25) is 0 Å². The number of amides is 1. The van der Waals surface area contributed by atoms with Gasteiger partial charge in [-0.2, -0.15) is 0 Å². The molecule has 23 heavy (non-hydrogen) atoms. The van der Waals surface area contributed by atoms with Gasteiger partial charge in [-0.25, -0.2) is 12.7 Å². The van der Waals surface area contributed by atoms with Crippen molar-refractivity contribution in [3.05, 3.63) is 54.0 Å². The van der Waals surface area contributed by atoms with Crippen LogP contribution >= 0.6 is 0 Å². The van der Waals surface area contributed by atoms with Crippen molar-refractivity contribution in [3.8, 4) is 0 Å². The molecule has 1 heterocycles. The Balaban J connectivity index is 2.03. The summed E-state index contributed by atoms with van der Waals surface area (Å²) < 4.78 is 30.3. The monoisotopic (exact) mass is 336 g/mol. The number of nitrogens with one attached hydrogen (secondary N) is 1. The summed E-state index contributed by atoms with van der Waals surface area (Å²) in [6.45, 7) is 1.88. The standard InChI is InChI=1S/C16H20N2O4S/c1-12(11-14-5-4-10-22-14)17-16(19)13-6-8-15(9-7-13)23(20,21)18(2)3/h4-10,12H,11H2,1-3H3,(H,17,19). The van der Waals surface area contributed by atoms with Gasteiger partial charge in [-0.1, -0.05) is 0 Å². The minimum atomic E-state index is -3.49. The summed E-state index contributed by atoms with van der Waals surface area (Å²) in [5.41, 5.74) is 0.411. The molecule has 2 aromatic rings. The van der Waals surface area contributed by atoms with E-state index in [4.69, 9.17) is 4.42 Å². The second-order valence-electron chi connectivity index (χ2n) is 5.47. The Morgan fingerprint density at radius 3 is 2.39 bits per heavy atom. The van der Waals surface area contributed by atoms with E-state index in [0.29, 0.717) is 12.0 Å². The first kappa shape index (κ1) is 17.2. The molecule has 0 radical (unpaired) electrons. The molecule has 1 aromatic carbocycles. The fourth-order valence-corrected chi connectivity index (χ4v) is 2.98. The van der Waals surface area contributed by atoms with Crippen LogP contribution in [-0.4, -0.2) is 38.8 Å². The lowest BCUT2D eigenvalue weighted by Gasteiger charge is -2.14. The number of hydrogen-bond donors (Lipinski definition) is 1. The summed E-state index contributed by atoms with van der Waals surface area (Å²) in [6, 6.07) is 9.43. The van der Waals surface area contributed by atoms with Crippen molar-refractivity contribution in [1.82, 2.24) is 9.62 Å². The first-order valence-corrected chi connectivity index (χ1v) is 8.60. The third-order valence-electron chi connectivity index (χ3n) is 3.36. The second-order valence-corrected chi connectivity index (χ2v) is 7.62. The van der Waals surface area contributed by atoms with Crippen LogP contribution in [0.5, 0.6) is 0 Å². The summed E-state index contributed by atoms with van der Waals surface area (Å²) in [5.74, 6) is 0.545. The van der Waals surface area contributed by atoms with Crippen molar-refractivity contribution < 1.29 is 17.6 Å². The van der Waals surface area contributed by atoms with E-state index in [0.717, 1.165) is 10.1 Å². The molecular formula is C16H20N2O4S. The van der Waals surface area contributed by atoms with E-state index in [2.05, 4.69) is 5.32 Å². The Morgan fingerprint density at radius 2 is 1.87 bits per heavy atom. The second kappa shape index (κ2) is 6.97. The smallest absolute Gasteiger partial charge is 0.251 e. The average Bonchev–Trinajstić information content (AvgIpc) is 2.99. The predicted molar refractivity (Wildman–Crippen MR) is 86.7 cm³/mol. The molecule has 1 amide bonds. The Kier molecular flexibility index (Phi) is 5.23. The van der Waals surface area contributed by atoms with Gasteiger partial charge in [0.15, 0.2) is 0 Å². The average molecular weight is 336 g/mol. The lowest BCUT2D eigenvalue weighted by atomic mass is 10.1. The van der Waals surface area contributed by atoms with Crippen molar-refractivity contribution >= 4 is 15.9 Å². The molecular weight excluding hydrogens is 316 g/mol. The van der Waals surface area contributed by atoms with Gasteiger partial charge in [0.2, 0.25) is 10.0 Å². The molecule has 1 unspecified atom stereocenters. The van der Waals surface area contributed by atoms with E-state index < -0.39 is 10.0 Å². The van der Waals surface area contributed by atoms with E-state index >= 15 is 0 Å². The van der Waals surface area contributed by atoms with E-state index in [1.807, 2.05) is 13.0 Å². The quantitative estimate of drug-likeness (QED) is 0.873. The number of furan rings is 1. The fraction of sp³-hybridized carbons (Fsp3) is 0.312. The zero-order valence-corrected chi connectivity index (χ0v) is 14.1.